The number of hydrogen-bond acceptors (Lipinski definition) is 3. The first-order valence-corrected chi connectivity index (χ1v) is 6.89. The van der Waals surface area contributed by atoms with Crippen molar-refractivity contribution in [2.45, 2.75) is 26.8 Å². The van der Waals surface area contributed by atoms with Crippen LogP contribution in [0.15, 0.2) is 46.2 Å². The molecule has 1 aromatic carbocycles. The van der Waals surface area contributed by atoms with Crippen LogP contribution in [0.5, 0.6) is 0 Å². The van der Waals surface area contributed by atoms with Gasteiger partial charge in [-0.05, 0) is 25.5 Å². The molecular formula is C15H16N4O2. The van der Waals surface area contributed by atoms with Crippen molar-refractivity contribution in [1.29, 1.82) is 0 Å². The summed E-state index contributed by atoms with van der Waals surface area (Å²) < 4.78 is 4.12. The van der Waals surface area contributed by atoms with Crippen LogP contribution in [-0.2, 0) is 6.54 Å². The van der Waals surface area contributed by atoms with Gasteiger partial charge in [0.15, 0.2) is 0 Å². The molecule has 6 nitrogen and oxygen atoms in total. The quantitative estimate of drug-likeness (QED) is 0.729. The monoisotopic (exact) mass is 284 g/mol. The van der Waals surface area contributed by atoms with Gasteiger partial charge in [-0.1, -0.05) is 24.6 Å². The summed E-state index contributed by atoms with van der Waals surface area (Å²) in [6.07, 6.45) is 3.97. The summed E-state index contributed by atoms with van der Waals surface area (Å²) in [7, 11) is 0. The molecule has 0 saturated heterocycles. The molecule has 0 bridgehead atoms. The number of benzene rings is 1. The Labute approximate surface area is 120 Å². The maximum Gasteiger partial charge on any atom is 0.350 e. The smallest absolute Gasteiger partial charge is 0.280 e. The van der Waals surface area contributed by atoms with Crippen molar-refractivity contribution in [3.63, 3.8) is 0 Å². The molecule has 2 heterocycles. The summed E-state index contributed by atoms with van der Waals surface area (Å²) in [5, 5.41) is 4.14. The first-order chi connectivity index (χ1) is 10.1. The second-order valence-corrected chi connectivity index (χ2v) is 5.01. The Kier molecular flexibility index (Phi) is 3.21. The predicted molar refractivity (Wildman–Crippen MR) is 80.1 cm³/mol. The predicted octanol–water partition coefficient (Wildman–Crippen LogP) is 1.37. The van der Waals surface area contributed by atoms with E-state index in [1.165, 1.54) is 13.6 Å². The summed E-state index contributed by atoms with van der Waals surface area (Å²) in [6.45, 7) is 4.45. The van der Waals surface area contributed by atoms with Gasteiger partial charge < -0.3 is 0 Å². The van der Waals surface area contributed by atoms with Crippen molar-refractivity contribution in [1.82, 2.24) is 18.7 Å². The number of aryl methyl sites for hydroxylation is 2. The summed E-state index contributed by atoms with van der Waals surface area (Å²) >= 11 is 0. The summed E-state index contributed by atoms with van der Waals surface area (Å²) in [6, 6.07) is 7.62. The Balaban J connectivity index is 2.23. The number of rotatable bonds is 3. The SMILES string of the molecule is CCCn1nc2c(=O)n(-c3ccc(C)cc3)ccn2c1=O. The molecular weight excluding hydrogens is 268 g/mol. The molecule has 0 aliphatic rings. The van der Waals surface area contributed by atoms with Crippen LogP contribution >= 0.6 is 0 Å². The Morgan fingerprint density at radius 1 is 1.10 bits per heavy atom. The van der Waals surface area contributed by atoms with Crippen LogP contribution in [0.2, 0.25) is 0 Å². The number of fused-ring (bicyclic) bond motifs is 1. The van der Waals surface area contributed by atoms with Crippen LogP contribution in [0.1, 0.15) is 18.9 Å². The fourth-order valence-electron chi connectivity index (χ4n) is 2.28. The number of nitrogens with zero attached hydrogens (tertiary/aromatic N) is 4. The van der Waals surface area contributed by atoms with Crippen molar-refractivity contribution in [3.05, 3.63) is 63.1 Å². The third kappa shape index (κ3) is 2.18. The first-order valence-electron chi connectivity index (χ1n) is 6.89. The lowest BCUT2D eigenvalue weighted by atomic mass is 10.2. The summed E-state index contributed by atoms with van der Waals surface area (Å²) in [4.78, 5) is 24.6. The lowest BCUT2D eigenvalue weighted by Crippen LogP contribution is -2.24. The van der Waals surface area contributed by atoms with E-state index in [2.05, 4.69) is 5.10 Å². The van der Waals surface area contributed by atoms with Crippen LogP contribution in [0.3, 0.4) is 0 Å². The normalized spacial score (nSPS) is 11.1. The van der Waals surface area contributed by atoms with Gasteiger partial charge in [0.25, 0.3) is 0 Å². The Morgan fingerprint density at radius 3 is 2.48 bits per heavy atom. The highest BCUT2D eigenvalue weighted by atomic mass is 16.2. The topological polar surface area (TPSA) is 61.3 Å². The van der Waals surface area contributed by atoms with Gasteiger partial charge in [0.2, 0.25) is 5.65 Å². The minimum Gasteiger partial charge on any atom is -0.280 e. The number of aromatic nitrogens is 4. The molecule has 0 fully saturated rings. The molecule has 2 aromatic heterocycles. The van der Waals surface area contributed by atoms with Gasteiger partial charge in [-0.3, -0.25) is 9.36 Å². The van der Waals surface area contributed by atoms with E-state index in [9.17, 15) is 9.59 Å². The molecule has 0 aliphatic carbocycles. The van der Waals surface area contributed by atoms with Crippen LogP contribution < -0.4 is 11.2 Å². The van der Waals surface area contributed by atoms with Gasteiger partial charge in [0.05, 0.1) is 0 Å². The van der Waals surface area contributed by atoms with Crippen LogP contribution in [-0.4, -0.2) is 18.7 Å². The summed E-state index contributed by atoms with van der Waals surface area (Å²) in [5.74, 6) is 0. The lowest BCUT2D eigenvalue weighted by Gasteiger charge is -2.05. The maximum absolute atomic E-state index is 12.5. The second kappa shape index (κ2) is 5.05. The Morgan fingerprint density at radius 2 is 1.81 bits per heavy atom. The van der Waals surface area contributed by atoms with Gasteiger partial charge in [-0.2, -0.15) is 0 Å². The van der Waals surface area contributed by atoms with Crippen molar-refractivity contribution >= 4 is 5.65 Å². The van der Waals surface area contributed by atoms with Crippen molar-refractivity contribution in [3.8, 4) is 5.69 Å². The zero-order valence-electron chi connectivity index (χ0n) is 12.0. The molecule has 108 valence electrons. The fourth-order valence-corrected chi connectivity index (χ4v) is 2.28. The minimum absolute atomic E-state index is 0.150. The second-order valence-electron chi connectivity index (χ2n) is 5.01. The van der Waals surface area contributed by atoms with Gasteiger partial charge in [0, 0.05) is 24.6 Å². The highest BCUT2D eigenvalue weighted by Crippen LogP contribution is 2.07. The molecule has 6 heteroatoms. The highest BCUT2D eigenvalue weighted by Gasteiger charge is 2.11. The van der Waals surface area contributed by atoms with E-state index in [4.69, 9.17) is 0 Å². The molecule has 0 saturated carbocycles. The van der Waals surface area contributed by atoms with E-state index in [0.717, 1.165) is 17.7 Å². The van der Waals surface area contributed by atoms with E-state index < -0.39 is 0 Å². The van der Waals surface area contributed by atoms with E-state index in [1.54, 1.807) is 12.4 Å². The maximum atomic E-state index is 12.5. The average Bonchev–Trinajstić information content (AvgIpc) is 2.79. The van der Waals surface area contributed by atoms with Gasteiger partial charge in [-0.25, -0.2) is 13.9 Å². The van der Waals surface area contributed by atoms with E-state index >= 15 is 0 Å². The molecule has 0 atom stereocenters. The van der Waals surface area contributed by atoms with Crippen molar-refractivity contribution < 1.29 is 0 Å². The number of hydrogen-bond donors (Lipinski definition) is 0. The molecule has 0 spiro atoms. The molecule has 0 amide bonds. The third-order valence-corrected chi connectivity index (χ3v) is 3.39. The van der Waals surface area contributed by atoms with Gasteiger partial charge >= 0.3 is 11.2 Å². The zero-order chi connectivity index (χ0) is 15.0. The third-order valence-electron chi connectivity index (χ3n) is 3.39. The lowest BCUT2D eigenvalue weighted by molar-refractivity contribution is 0.582. The Bertz CT molecular complexity index is 900. The molecule has 21 heavy (non-hydrogen) atoms. The van der Waals surface area contributed by atoms with E-state index in [1.807, 2.05) is 38.1 Å². The molecule has 3 rings (SSSR count). The molecule has 0 aliphatic heterocycles. The largest absolute Gasteiger partial charge is 0.350 e. The van der Waals surface area contributed by atoms with Crippen LogP contribution in [0.4, 0.5) is 0 Å². The van der Waals surface area contributed by atoms with E-state index in [0.29, 0.717) is 6.54 Å². The molecule has 0 radical (unpaired) electrons. The molecule has 3 aromatic rings. The summed E-state index contributed by atoms with van der Waals surface area (Å²) in [5.41, 5.74) is 1.45. The molecule has 0 unspecified atom stereocenters. The zero-order valence-corrected chi connectivity index (χ0v) is 12.0. The average molecular weight is 284 g/mol. The van der Waals surface area contributed by atoms with Gasteiger partial charge in [0.1, 0.15) is 0 Å². The van der Waals surface area contributed by atoms with Gasteiger partial charge in [-0.15, -0.1) is 5.10 Å². The molecule has 0 N–H and O–H groups in total. The van der Waals surface area contributed by atoms with Crippen LogP contribution in [0.25, 0.3) is 11.3 Å². The van der Waals surface area contributed by atoms with Crippen LogP contribution in [0, 0.1) is 6.92 Å². The Hall–Kier alpha value is -2.63. The standard InChI is InChI=1S/C15H16N4O2/c1-3-8-19-15(21)18-10-9-17(14(20)13(18)16-19)12-6-4-11(2)5-7-12/h4-7,9-10H,3,8H2,1-2H3. The first kappa shape index (κ1) is 13.4. The highest BCUT2D eigenvalue weighted by molar-refractivity contribution is 5.40. The van der Waals surface area contributed by atoms with Crippen molar-refractivity contribution in [2.75, 3.05) is 0 Å². The fraction of sp³-hybridized carbons (Fsp3) is 0.267. The van der Waals surface area contributed by atoms with E-state index in [-0.39, 0.29) is 16.9 Å². The van der Waals surface area contributed by atoms with Crippen molar-refractivity contribution in [2.24, 2.45) is 0 Å². The minimum atomic E-state index is -0.298.